The Balaban J connectivity index is 2.63. The summed E-state index contributed by atoms with van der Waals surface area (Å²) in [6.07, 6.45) is 0. The maximum Gasteiger partial charge on any atom is 0.283 e. The summed E-state index contributed by atoms with van der Waals surface area (Å²) < 4.78 is 18.9. The standard InChI is InChI=1S/C13H12ClFN2O3/c1-7-10(13(18)17(2)19-3)12(16-20-7)11-8(14)5-4-6-9(11)15/h4-6H,1-3H3. The third kappa shape index (κ3) is 2.39. The van der Waals surface area contributed by atoms with Crippen LogP contribution in [-0.4, -0.2) is 30.3 Å². The predicted molar refractivity (Wildman–Crippen MR) is 70.7 cm³/mol. The van der Waals surface area contributed by atoms with Crippen molar-refractivity contribution in [2.24, 2.45) is 0 Å². The van der Waals surface area contributed by atoms with Crippen LogP contribution in [0.5, 0.6) is 0 Å². The largest absolute Gasteiger partial charge is 0.360 e. The van der Waals surface area contributed by atoms with Gasteiger partial charge in [-0.25, -0.2) is 9.45 Å². The summed E-state index contributed by atoms with van der Waals surface area (Å²) in [6.45, 7) is 1.56. The molecule has 1 aromatic heterocycles. The first-order chi connectivity index (χ1) is 9.47. The molecule has 0 spiro atoms. The molecule has 7 heteroatoms. The quantitative estimate of drug-likeness (QED) is 0.817. The Hall–Kier alpha value is -1.92. The SMILES string of the molecule is CON(C)C(=O)c1c(-c2c(F)cccc2Cl)noc1C. The molecule has 1 amide bonds. The van der Waals surface area contributed by atoms with Crippen LogP contribution < -0.4 is 0 Å². The normalized spacial score (nSPS) is 10.7. The van der Waals surface area contributed by atoms with E-state index in [1.807, 2.05) is 0 Å². The van der Waals surface area contributed by atoms with Crippen molar-refractivity contribution in [3.8, 4) is 11.3 Å². The smallest absolute Gasteiger partial charge is 0.283 e. The number of hydrogen-bond donors (Lipinski definition) is 0. The summed E-state index contributed by atoms with van der Waals surface area (Å²) in [5.41, 5.74) is 0.194. The van der Waals surface area contributed by atoms with E-state index in [-0.39, 0.29) is 27.6 Å². The molecule has 0 aliphatic rings. The summed E-state index contributed by atoms with van der Waals surface area (Å²) in [6, 6.07) is 4.22. The minimum atomic E-state index is -0.583. The van der Waals surface area contributed by atoms with Crippen LogP contribution in [0.3, 0.4) is 0 Å². The van der Waals surface area contributed by atoms with E-state index in [2.05, 4.69) is 5.16 Å². The average Bonchev–Trinajstić information content (AvgIpc) is 2.78. The van der Waals surface area contributed by atoms with Gasteiger partial charge >= 0.3 is 0 Å². The Labute approximate surface area is 119 Å². The monoisotopic (exact) mass is 298 g/mol. The van der Waals surface area contributed by atoms with Crippen LogP contribution in [-0.2, 0) is 4.84 Å². The van der Waals surface area contributed by atoms with E-state index in [1.54, 1.807) is 6.92 Å². The maximum absolute atomic E-state index is 13.9. The molecule has 2 rings (SSSR count). The molecule has 0 N–H and O–H groups in total. The third-order valence-corrected chi connectivity index (χ3v) is 3.15. The Morgan fingerprint density at radius 3 is 2.80 bits per heavy atom. The zero-order chi connectivity index (χ0) is 14.9. The number of carbonyl (C=O) groups excluding carboxylic acids is 1. The number of aryl methyl sites for hydroxylation is 1. The van der Waals surface area contributed by atoms with Crippen molar-refractivity contribution in [2.45, 2.75) is 6.92 Å². The first-order valence-electron chi connectivity index (χ1n) is 5.70. The summed E-state index contributed by atoms with van der Waals surface area (Å²) in [4.78, 5) is 17.0. The van der Waals surface area contributed by atoms with Crippen LogP contribution in [0.2, 0.25) is 5.02 Å². The van der Waals surface area contributed by atoms with Crippen molar-refractivity contribution in [3.05, 3.63) is 40.4 Å². The Morgan fingerprint density at radius 2 is 2.20 bits per heavy atom. The fourth-order valence-corrected chi connectivity index (χ4v) is 2.01. The van der Waals surface area contributed by atoms with Crippen molar-refractivity contribution >= 4 is 17.5 Å². The van der Waals surface area contributed by atoms with Gasteiger partial charge in [-0.1, -0.05) is 22.8 Å². The second kappa shape index (κ2) is 5.60. The molecule has 2 aromatic rings. The molecule has 0 unspecified atom stereocenters. The van der Waals surface area contributed by atoms with Gasteiger partial charge in [0.2, 0.25) is 0 Å². The van der Waals surface area contributed by atoms with Crippen LogP contribution in [0.1, 0.15) is 16.1 Å². The van der Waals surface area contributed by atoms with E-state index in [4.69, 9.17) is 21.0 Å². The van der Waals surface area contributed by atoms with Crippen LogP contribution in [0, 0.1) is 12.7 Å². The van der Waals surface area contributed by atoms with Gasteiger partial charge in [-0.15, -0.1) is 0 Å². The summed E-state index contributed by atoms with van der Waals surface area (Å²) in [5.74, 6) is -0.825. The number of rotatable bonds is 3. The molecule has 1 aromatic carbocycles. The Kier molecular flexibility index (Phi) is 4.06. The average molecular weight is 299 g/mol. The fourth-order valence-electron chi connectivity index (χ4n) is 1.76. The number of halogens is 2. The predicted octanol–water partition coefficient (Wildman–Crippen LogP) is 3.08. The highest BCUT2D eigenvalue weighted by Gasteiger charge is 2.27. The number of benzene rings is 1. The highest BCUT2D eigenvalue weighted by Crippen LogP contribution is 2.33. The van der Waals surface area contributed by atoms with Crippen LogP contribution in [0.4, 0.5) is 4.39 Å². The second-order valence-electron chi connectivity index (χ2n) is 4.04. The molecule has 106 valence electrons. The molecule has 0 atom stereocenters. The molecule has 0 saturated carbocycles. The molecular weight excluding hydrogens is 287 g/mol. The molecule has 5 nitrogen and oxygen atoms in total. The zero-order valence-corrected chi connectivity index (χ0v) is 11.9. The van der Waals surface area contributed by atoms with Gasteiger partial charge in [-0.2, -0.15) is 0 Å². The van der Waals surface area contributed by atoms with Gasteiger partial charge in [-0.3, -0.25) is 9.63 Å². The summed E-state index contributed by atoms with van der Waals surface area (Å²) in [5, 5.41) is 4.89. The van der Waals surface area contributed by atoms with Gasteiger partial charge in [0.15, 0.2) is 0 Å². The number of carbonyl (C=O) groups is 1. The maximum atomic E-state index is 13.9. The third-order valence-electron chi connectivity index (χ3n) is 2.84. The van der Waals surface area contributed by atoms with E-state index < -0.39 is 11.7 Å². The molecule has 1 heterocycles. The lowest BCUT2D eigenvalue weighted by Crippen LogP contribution is -2.26. The lowest BCUT2D eigenvalue weighted by molar-refractivity contribution is -0.0757. The molecule has 0 bridgehead atoms. The molecule has 0 aliphatic carbocycles. The van der Waals surface area contributed by atoms with Crippen molar-refractivity contribution in [1.29, 1.82) is 0 Å². The van der Waals surface area contributed by atoms with Crippen LogP contribution in [0.15, 0.2) is 22.7 Å². The first kappa shape index (κ1) is 14.5. The van der Waals surface area contributed by atoms with Crippen molar-refractivity contribution in [1.82, 2.24) is 10.2 Å². The molecule has 0 radical (unpaired) electrons. The van der Waals surface area contributed by atoms with Crippen molar-refractivity contribution < 1.29 is 18.5 Å². The number of nitrogens with zero attached hydrogens (tertiary/aromatic N) is 2. The van der Waals surface area contributed by atoms with Gasteiger partial charge in [-0.05, 0) is 19.1 Å². The van der Waals surface area contributed by atoms with Gasteiger partial charge in [0.05, 0.1) is 17.7 Å². The second-order valence-corrected chi connectivity index (χ2v) is 4.45. The summed E-state index contributed by atoms with van der Waals surface area (Å²) in [7, 11) is 2.78. The minimum Gasteiger partial charge on any atom is -0.360 e. The molecule has 20 heavy (non-hydrogen) atoms. The topological polar surface area (TPSA) is 55.6 Å². The minimum absolute atomic E-state index is 0.0267. The molecule has 0 aliphatic heterocycles. The van der Waals surface area contributed by atoms with Crippen molar-refractivity contribution in [3.63, 3.8) is 0 Å². The lowest BCUT2D eigenvalue weighted by atomic mass is 10.0. The summed E-state index contributed by atoms with van der Waals surface area (Å²) >= 11 is 5.99. The highest BCUT2D eigenvalue weighted by molar-refractivity contribution is 6.33. The van der Waals surface area contributed by atoms with E-state index in [9.17, 15) is 9.18 Å². The number of hydrogen-bond acceptors (Lipinski definition) is 4. The molecular formula is C13H12ClFN2O3. The van der Waals surface area contributed by atoms with Crippen molar-refractivity contribution in [2.75, 3.05) is 14.2 Å². The van der Waals surface area contributed by atoms with E-state index in [0.29, 0.717) is 0 Å². The van der Waals surface area contributed by atoms with E-state index in [0.717, 1.165) is 5.06 Å². The number of hydroxylamine groups is 2. The van der Waals surface area contributed by atoms with E-state index >= 15 is 0 Å². The van der Waals surface area contributed by atoms with Gasteiger partial charge in [0.25, 0.3) is 5.91 Å². The van der Waals surface area contributed by atoms with Crippen LogP contribution >= 0.6 is 11.6 Å². The number of amides is 1. The zero-order valence-electron chi connectivity index (χ0n) is 11.1. The van der Waals surface area contributed by atoms with Gasteiger partial charge < -0.3 is 4.52 Å². The van der Waals surface area contributed by atoms with Gasteiger partial charge in [0, 0.05) is 7.05 Å². The fraction of sp³-hybridized carbons (Fsp3) is 0.231. The van der Waals surface area contributed by atoms with Crippen LogP contribution in [0.25, 0.3) is 11.3 Å². The Morgan fingerprint density at radius 1 is 1.50 bits per heavy atom. The number of aromatic nitrogens is 1. The highest BCUT2D eigenvalue weighted by atomic mass is 35.5. The molecule has 0 saturated heterocycles. The Bertz CT molecular complexity index is 637. The van der Waals surface area contributed by atoms with Gasteiger partial charge in [0.1, 0.15) is 22.8 Å². The van der Waals surface area contributed by atoms with E-state index in [1.165, 1.54) is 32.4 Å². The first-order valence-corrected chi connectivity index (χ1v) is 6.08. The molecule has 0 fully saturated rings. The lowest BCUT2D eigenvalue weighted by Gasteiger charge is -2.13.